The number of benzene rings is 3. The van der Waals surface area contributed by atoms with E-state index in [0.717, 1.165) is 33.2 Å². The SMILES string of the molecule is Cc1cc(Oc2cccc(CNC(=O)c3c(C)c4cc(F)ccc4n3C)c2)ccc1CCC(=O)O. The molecule has 0 spiro atoms. The van der Waals surface area contributed by atoms with Gasteiger partial charge in [0.25, 0.3) is 5.91 Å². The first-order chi connectivity index (χ1) is 16.7. The quantitative estimate of drug-likeness (QED) is 0.345. The van der Waals surface area contributed by atoms with Gasteiger partial charge in [-0.15, -0.1) is 0 Å². The third-order valence-electron chi connectivity index (χ3n) is 6.14. The van der Waals surface area contributed by atoms with E-state index in [-0.39, 0.29) is 18.1 Å². The molecule has 180 valence electrons. The normalized spacial score (nSPS) is 11.0. The molecule has 4 aromatic rings. The van der Waals surface area contributed by atoms with Crippen LogP contribution in [0.25, 0.3) is 10.9 Å². The number of rotatable bonds is 8. The molecule has 4 rings (SSSR count). The molecule has 0 bridgehead atoms. The number of halogens is 1. The van der Waals surface area contributed by atoms with Gasteiger partial charge in [0.05, 0.1) is 0 Å². The minimum Gasteiger partial charge on any atom is -0.481 e. The predicted octanol–water partition coefficient (Wildman–Crippen LogP) is 5.67. The molecular formula is C28H27FN2O4. The molecule has 35 heavy (non-hydrogen) atoms. The second kappa shape index (κ2) is 10.0. The van der Waals surface area contributed by atoms with Crippen molar-refractivity contribution in [2.45, 2.75) is 33.2 Å². The number of fused-ring (bicyclic) bond motifs is 1. The number of carbonyl (C=O) groups excluding carboxylic acids is 1. The van der Waals surface area contributed by atoms with E-state index in [1.165, 1.54) is 12.1 Å². The molecule has 1 heterocycles. The predicted molar refractivity (Wildman–Crippen MR) is 132 cm³/mol. The van der Waals surface area contributed by atoms with Gasteiger partial charge in [0.1, 0.15) is 23.0 Å². The lowest BCUT2D eigenvalue weighted by Gasteiger charge is -2.11. The number of aryl methyl sites for hydroxylation is 4. The lowest BCUT2D eigenvalue weighted by molar-refractivity contribution is -0.136. The molecular weight excluding hydrogens is 447 g/mol. The van der Waals surface area contributed by atoms with Crippen LogP contribution in [0.1, 0.15) is 39.2 Å². The number of amides is 1. The summed E-state index contributed by atoms with van der Waals surface area (Å²) in [6, 6.07) is 17.6. The van der Waals surface area contributed by atoms with Crippen LogP contribution in [0.5, 0.6) is 11.5 Å². The van der Waals surface area contributed by atoms with Crippen molar-refractivity contribution in [3.05, 3.63) is 94.4 Å². The van der Waals surface area contributed by atoms with Gasteiger partial charge in [0.15, 0.2) is 0 Å². The fraction of sp³-hybridized carbons (Fsp3) is 0.214. The Morgan fingerprint density at radius 3 is 2.54 bits per heavy atom. The van der Waals surface area contributed by atoms with E-state index in [4.69, 9.17) is 9.84 Å². The van der Waals surface area contributed by atoms with E-state index in [9.17, 15) is 14.0 Å². The van der Waals surface area contributed by atoms with Gasteiger partial charge in [-0.25, -0.2) is 4.39 Å². The van der Waals surface area contributed by atoms with Crippen LogP contribution in [-0.4, -0.2) is 21.6 Å². The van der Waals surface area contributed by atoms with Gasteiger partial charge >= 0.3 is 5.97 Å². The highest BCUT2D eigenvalue weighted by atomic mass is 19.1. The minimum absolute atomic E-state index is 0.0873. The molecule has 0 aliphatic carbocycles. The molecule has 0 saturated carbocycles. The molecule has 6 nitrogen and oxygen atoms in total. The maximum atomic E-state index is 13.7. The summed E-state index contributed by atoms with van der Waals surface area (Å²) in [6.07, 6.45) is 0.561. The Morgan fingerprint density at radius 2 is 1.80 bits per heavy atom. The van der Waals surface area contributed by atoms with Crippen LogP contribution in [0, 0.1) is 19.7 Å². The highest BCUT2D eigenvalue weighted by Crippen LogP contribution is 2.27. The first-order valence-corrected chi connectivity index (χ1v) is 11.3. The van der Waals surface area contributed by atoms with Gasteiger partial charge in [-0.3, -0.25) is 9.59 Å². The van der Waals surface area contributed by atoms with Crippen molar-refractivity contribution in [2.24, 2.45) is 7.05 Å². The van der Waals surface area contributed by atoms with Crippen molar-refractivity contribution < 1.29 is 23.8 Å². The number of carboxylic acid groups (broad SMARTS) is 1. The summed E-state index contributed by atoms with van der Waals surface area (Å²) in [4.78, 5) is 23.8. The topological polar surface area (TPSA) is 80.6 Å². The van der Waals surface area contributed by atoms with Crippen molar-refractivity contribution in [1.82, 2.24) is 9.88 Å². The number of carboxylic acids is 1. The Kier molecular flexibility index (Phi) is 6.87. The second-order valence-electron chi connectivity index (χ2n) is 8.61. The Bertz CT molecular complexity index is 1420. The van der Waals surface area contributed by atoms with Crippen molar-refractivity contribution in [3.8, 4) is 11.5 Å². The van der Waals surface area contributed by atoms with Gasteiger partial charge in [-0.05, 0) is 85.0 Å². The average Bonchev–Trinajstić information content (AvgIpc) is 3.06. The molecule has 0 saturated heterocycles. The zero-order chi connectivity index (χ0) is 25.1. The van der Waals surface area contributed by atoms with E-state index >= 15 is 0 Å². The fourth-order valence-corrected chi connectivity index (χ4v) is 4.30. The molecule has 1 amide bonds. The summed E-state index contributed by atoms with van der Waals surface area (Å²) >= 11 is 0. The van der Waals surface area contributed by atoms with Crippen LogP contribution in [0.2, 0.25) is 0 Å². The average molecular weight is 475 g/mol. The zero-order valence-corrected chi connectivity index (χ0v) is 19.9. The number of aromatic nitrogens is 1. The number of carbonyl (C=O) groups is 2. The van der Waals surface area contributed by atoms with Crippen molar-refractivity contribution in [3.63, 3.8) is 0 Å². The maximum absolute atomic E-state index is 13.7. The molecule has 0 aliphatic heterocycles. The van der Waals surface area contributed by atoms with Crippen molar-refractivity contribution in [1.29, 1.82) is 0 Å². The Morgan fingerprint density at radius 1 is 1.03 bits per heavy atom. The summed E-state index contributed by atoms with van der Waals surface area (Å²) in [5.74, 6) is -0.106. The van der Waals surface area contributed by atoms with Gasteiger partial charge < -0.3 is 19.7 Å². The van der Waals surface area contributed by atoms with Gasteiger partial charge in [-0.1, -0.05) is 18.2 Å². The number of ether oxygens (including phenoxy) is 1. The largest absolute Gasteiger partial charge is 0.481 e. The van der Waals surface area contributed by atoms with Crippen LogP contribution in [0.4, 0.5) is 4.39 Å². The van der Waals surface area contributed by atoms with Gasteiger partial charge in [0.2, 0.25) is 0 Å². The van der Waals surface area contributed by atoms with E-state index in [2.05, 4.69) is 5.32 Å². The van der Waals surface area contributed by atoms with Crippen LogP contribution in [0.3, 0.4) is 0 Å². The smallest absolute Gasteiger partial charge is 0.303 e. The number of nitrogens with zero attached hydrogens (tertiary/aromatic N) is 1. The number of aliphatic carboxylic acids is 1. The first kappa shape index (κ1) is 24.0. The van der Waals surface area contributed by atoms with E-state index in [1.807, 2.05) is 56.3 Å². The molecule has 0 aliphatic rings. The van der Waals surface area contributed by atoms with Crippen LogP contribution < -0.4 is 10.1 Å². The lowest BCUT2D eigenvalue weighted by Crippen LogP contribution is -2.25. The number of nitrogens with one attached hydrogen (secondary N) is 1. The van der Waals surface area contributed by atoms with Crippen molar-refractivity contribution in [2.75, 3.05) is 0 Å². The molecule has 3 aromatic carbocycles. The fourth-order valence-electron chi connectivity index (χ4n) is 4.30. The summed E-state index contributed by atoms with van der Waals surface area (Å²) in [5.41, 5.74) is 4.84. The molecule has 1 aromatic heterocycles. The third kappa shape index (κ3) is 5.35. The Labute approximate surface area is 203 Å². The molecule has 0 atom stereocenters. The van der Waals surface area contributed by atoms with Gasteiger partial charge in [0, 0.05) is 30.9 Å². The molecule has 2 N–H and O–H groups in total. The minimum atomic E-state index is -0.821. The monoisotopic (exact) mass is 474 g/mol. The lowest BCUT2D eigenvalue weighted by atomic mass is 10.0. The Hall–Kier alpha value is -4.13. The number of hydrogen-bond acceptors (Lipinski definition) is 3. The molecule has 0 radical (unpaired) electrons. The van der Waals surface area contributed by atoms with Crippen LogP contribution in [0.15, 0.2) is 60.7 Å². The highest BCUT2D eigenvalue weighted by Gasteiger charge is 2.18. The highest BCUT2D eigenvalue weighted by molar-refractivity contribution is 6.01. The standard InChI is InChI=1S/C28H27FN2O4/c1-17-13-23(10-7-20(17)8-12-26(32)33)35-22-6-4-5-19(14-22)16-30-28(34)27-18(2)24-15-21(29)9-11-25(24)31(27)3/h4-7,9-11,13-15H,8,12,16H2,1-3H3,(H,30,34)(H,32,33). The summed E-state index contributed by atoms with van der Waals surface area (Å²) in [5, 5.41) is 12.6. The molecule has 0 fully saturated rings. The van der Waals surface area contributed by atoms with E-state index < -0.39 is 5.97 Å². The van der Waals surface area contributed by atoms with Gasteiger partial charge in [-0.2, -0.15) is 0 Å². The van der Waals surface area contributed by atoms with E-state index in [0.29, 0.717) is 30.2 Å². The summed E-state index contributed by atoms with van der Waals surface area (Å²) in [6.45, 7) is 4.05. The summed E-state index contributed by atoms with van der Waals surface area (Å²) < 4.78 is 21.5. The van der Waals surface area contributed by atoms with Crippen molar-refractivity contribution >= 4 is 22.8 Å². The van der Waals surface area contributed by atoms with Crippen LogP contribution in [-0.2, 0) is 24.8 Å². The molecule has 7 heteroatoms. The summed E-state index contributed by atoms with van der Waals surface area (Å²) in [7, 11) is 1.80. The molecule has 0 unspecified atom stereocenters. The first-order valence-electron chi connectivity index (χ1n) is 11.3. The van der Waals surface area contributed by atoms with E-state index in [1.54, 1.807) is 17.7 Å². The Balaban J connectivity index is 1.44. The maximum Gasteiger partial charge on any atom is 0.303 e. The number of hydrogen-bond donors (Lipinski definition) is 2. The zero-order valence-electron chi connectivity index (χ0n) is 19.9. The third-order valence-corrected chi connectivity index (χ3v) is 6.14. The second-order valence-corrected chi connectivity index (χ2v) is 8.61. The van der Waals surface area contributed by atoms with Crippen LogP contribution >= 0.6 is 0 Å².